The molecular weight excluding hydrogens is 1280 g/mol. The fraction of sp³-hybridized carbons (Fsp3) is 0.382. The molecule has 0 radical (unpaired) electrons. The number of hydrogen-bond acceptors (Lipinski definition) is 20. The molecule has 2 bridgehead atoms. The fourth-order valence-corrected chi connectivity index (χ4v) is 13.1. The van der Waals surface area contributed by atoms with E-state index in [4.69, 9.17) is 42.6 Å². The van der Waals surface area contributed by atoms with Crippen LogP contribution >= 0.6 is 0 Å². The normalized spacial score (nSPS) is 24.7. The van der Waals surface area contributed by atoms with Crippen molar-refractivity contribution in [3.63, 3.8) is 0 Å². The van der Waals surface area contributed by atoms with Crippen LogP contribution in [0.5, 0.6) is 11.5 Å². The van der Waals surface area contributed by atoms with E-state index in [1.165, 1.54) is 94.4 Å². The zero-order chi connectivity index (χ0) is 69.8. The lowest BCUT2D eigenvalue weighted by Gasteiger charge is -2.67. The van der Waals surface area contributed by atoms with Gasteiger partial charge in [0.05, 0.1) is 23.5 Å². The quantitative estimate of drug-likeness (QED) is 0.0127. The number of rotatable bonds is 23. The number of aliphatic hydroxyl groups is 1. The van der Waals surface area contributed by atoms with Crippen molar-refractivity contribution in [1.82, 2.24) is 10.6 Å². The van der Waals surface area contributed by atoms with E-state index in [-0.39, 0.29) is 33.8 Å². The van der Waals surface area contributed by atoms with Crippen molar-refractivity contribution >= 4 is 59.4 Å². The third-order valence-electron chi connectivity index (χ3n) is 17.8. The lowest BCUT2D eigenvalue weighted by Crippen LogP contribution is -2.82. The van der Waals surface area contributed by atoms with Crippen molar-refractivity contribution in [1.29, 1.82) is 0 Å². The molecule has 2 saturated carbocycles. The summed E-state index contributed by atoms with van der Waals surface area (Å²) in [7, 11) is 0. The molecule has 0 aromatic heterocycles. The highest BCUT2D eigenvalue weighted by molar-refractivity contribution is 5.99. The minimum atomic E-state index is -2.79. The molecule has 2 amide bonds. The summed E-state index contributed by atoms with van der Waals surface area (Å²) < 4.78 is 128. The van der Waals surface area contributed by atoms with Crippen LogP contribution in [0.2, 0.25) is 0 Å². The number of carboxylic acid groups (broad SMARTS) is 1. The number of amides is 2. The maximum absolute atomic E-state index is 16.5. The van der Waals surface area contributed by atoms with E-state index in [2.05, 4.69) is 5.32 Å². The molecule has 0 unspecified atom stereocenters. The number of halogens is 5. The third kappa shape index (κ3) is 13.9. The van der Waals surface area contributed by atoms with Crippen LogP contribution in [0, 0.1) is 45.8 Å². The minimum Gasteiger partial charge on any atom is -0.482 e. The van der Waals surface area contributed by atoms with Crippen LogP contribution in [-0.4, -0.2) is 143 Å². The molecule has 508 valence electrons. The first-order valence-corrected chi connectivity index (χ1v) is 30.0. The van der Waals surface area contributed by atoms with Crippen molar-refractivity contribution in [2.24, 2.45) is 16.7 Å². The number of aliphatic carboxylic acids is 1. The second-order valence-corrected chi connectivity index (χ2v) is 24.1. The van der Waals surface area contributed by atoms with Crippen LogP contribution in [0.25, 0.3) is 0 Å². The highest BCUT2D eigenvalue weighted by atomic mass is 19.2. The molecule has 5 aromatic carbocycles. The van der Waals surface area contributed by atoms with E-state index in [9.17, 15) is 61.7 Å². The molecule has 0 spiro atoms. The number of esters is 6. The largest absolute Gasteiger partial charge is 0.482 e. The number of benzene rings is 5. The number of ether oxygens (including phenoxy) is 9. The highest BCUT2D eigenvalue weighted by Crippen LogP contribution is 2.65. The van der Waals surface area contributed by atoms with Crippen molar-refractivity contribution in [2.75, 3.05) is 19.8 Å². The SMILES string of the molecule is CC(=O)O[C@H]1C(=O)[C@]2(C)[C@@H](OC(=O)COc3ccccc3)C[C@H]3OC[C@@]3(OC(C)=O)[C@H]2[C@H](OC(=O)c2ccccc2)[C@]2(O)C[C@H](OC(=O)[C@H](OC(=O)COc3ccccc3)[C@@H](NC(=O)[C@@H](CCC(=O)O)NC(=O)c3c(F)c(F)c(F)c(F)c3F)c3ccccc3)C(C)=C1C2(C)C. The molecule has 3 aliphatic carbocycles. The molecule has 28 heteroatoms. The maximum atomic E-state index is 16.5. The van der Waals surface area contributed by atoms with Gasteiger partial charge in [0.15, 0.2) is 54.0 Å². The Morgan fingerprint density at radius 3 is 1.75 bits per heavy atom. The Morgan fingerprint density at radius 1 is 0.677 bits per heavy atom. The zero-order valence-electron chi connectivity index (χ0n) is 52.2. The predicted molar refractivity (Wildman–Crippen MR) is 318 cm³/mol. The van der Waals surface area contributed by atoms with E-state index in [1.807, 2.05) is 0 Å². The van der Waals surface area contributed by atoms with Crippen molar-refractivity contribution in [3.05, 3.63) is 178 Å². The van der Waals surface area contributed by atoms with Gasteiger partial charge >= 0.3 is 41.8 Å². The molecule has 3 fully saturated rings. The summed E-state index contributed by atoms with van der Waals surface area (Å²) in [5.74, 6) is -28.0. The first kappa shape index (κ1) is 70.2. The number of carboxylic acids is 1. The van der Waals surface area contributed by atoms with Crippen LogP contribution in [-0.2, 0) is 71.5 Å². The van der Waals surface area contributed by atoms with Crippen LogP contribution in [0.3, 0.4) is 0 Å². The average Bonchev–Trinajstić information content (AvgIpc) is 0.668. The number of Topliss-reactive ketones (excluding diaryl/α,β-unsaturated/α-hetero) is 1. The van der Waals surface area contributed by atoms with Gasteiger partial charge in [-0.25, -0.2) is 41.1 Å². The standard InChI is InChI=1S/C68H65F5N2O21/c1-34-42(92-64(86)57(94-47(81)32-89-40-25-17-10-18-26-40)55(37-19-11-7-12-20-37)75-61(83)41(27-28-45(78)79)74-62(84)48-50(69)52(71)54(73)53(72)51(48)70)30-68(87)60(95-63(85)38-21-13-8-14-22-38)58-66(6,59(82)56(91-35(2)76)49(34)65(68,4)5)43(29-44-67(58,33-90-44)96-36(3)77)93-46(80)31-88-39-23-15-9-16-24-39/h7-26,41-44,55-58,60,87H,27-33H2,1-6H3,(H,74,84)(H,75,83)(H,78,79)/t41-,42+,43+,44-,55+,56-,57-,58+,60+,66-,67+,68-/m1/s1. The molecular formula is C68H65F5N2O21. The van der Waals surface area contributed by atoms with E-state index in [1.54, 1.807) is 59.9 Å². The Morgan fingerprint density at radius 2 is 1.22 bits per heavy atom. The third-order valence-corrected chi connectivity index (χ3v) is 17.8. The van der Waals surface area contributed by atoms with Crippen LogP contribution in [0.15, 0.2) is 132 Å². The number of carbonyl (C=O) groups is 10. The van der Waals surface area contributed by atoms with Gasteiger partial charge in [0.25, 0.3) is 5.91 Å². The second-order valence-electron chi connectivity index (χ2n) is 24.1. The lowest BCUT2D eigenvalue weighted by molar-refractivity contribution is -0.346. The van der Waals surface area contributed by atoms with E-state index in [0.717, 1.165) is 13.8 Å². The molecule has 5 aromatic rings. The topological polar surface area (TPSA) is 318 Å². The predicted octanol–water partition coefficient (Wildman–Crippen LogP) is 7.04. The van der Waals surface area contributed by atoms with Gasteiger partial charge in [0, 0.05) is 38.5 Å². The summed E-state index contributed by atoms with van der Waals surface area (Å²) in [6.07, 6.45) is -15.0. The second kappa shape index (κ2) is 28.5. The zero-order valence-corrected chi connectivity index (χ0v) is 52.2. The van der Waals surface area contributed by atoms with Gasteiger partial charge in [-0.1, -0.05) is 98.8 Å². The number of fused-ring (bicyclic) bond motifs is 5. The Bertz CT molecular complexity index is 3850. The number of hydrogen-bond donors (Lipinski definition) is 4. The Balaban J connectivity index is 1.19. The van der Waals surface area contributed by atoms with Crippen molar-refractivity contribution < 1.29 is 123 Å². The Kier molecular flexibility index (Phi) is 20.8. The van der Waals surface area contributed by atoms with Crippen LogP contribution in [0.4, 0.5) is 22.0 Å². The van der Waals surface area contributed by atoms with Gasteiger partial charge in [-0.15, -0.1) is 0 Å². The van der Waals surface area contributed by atoms with Gasteiger partial charge in [-0.3, -0.25) is 28.8 Å². The number of carbonyl (C=O) groups excluding carboxylic acids is 9. The van der Waals surface area contributed by atoms with Gasteiger partial charge in [-0.05, 0) is 73.4 Å². The number of para-hydroxylation sites is 2. The summed E-state index contributed by atoms with van der Waals surface area (Å²) in [5.41, 5.74) is -12.0. The molecule has 4 N–H and O–H groups in total. The monoisotopic (exact) mass is 1340 g/mol. The average molecular weight is 1340 g/mol. The van der Waals surface area contributed by atoms with Gasteiger partial charge in [0.1, 0.15) is 59.2 Å². The molecule has 12 atom stereocenters. The molecule has 23 nitrogen and oxygen atoms in total. The van der Waals surface area contributed by atoms with Crippen LogP contribution in [0.1, 0.15) is 99.5 Å². The molecule has 1 saturated heterocycles. The Hall–Kier alpha value is -10.1. The first-order valence-electron chi connectivity index (χ1n) is 30.0. The lowest BCUT2D eigenvalue weighted by atomic mass is 9.44. The summed E-state index contributed by atoms with van der Waals surface area (Å²) in [6.45, 7) is 5.17. The molecule has 9 rings (SSSR count). The smallest absolute Gasteiger partial charge is 0.350 e. The molecule has 1 aliphatic heterocycles. The van der Waals surface area contributed by atoms with E-state index in [0.29, 0.717) is 0 Å². The highest BCUT2D eigenvalue weighted by Gasteiger charge is 2.79. The van der Waals surface area contributed by atoms with Gasteiger partial charge in [-0.2, -0.15) is 0 Å². The summed E-state index contributed by atoms with van der Waals surface area (Å²) in [5, 5.41) is 28.3. The van der Waals surface area contributed by atoms with E-state index < -0.39 is 216 Å². The minimum absolute atomic E-state index is 0.108. The number of nitrogens with one attached hydrogen (secondary N) is 2. The first-order chi connectivity index (χ1) is 45.4. The summed E-state index contributed by atoms with van der Waals surface area (Å²) in [4.78, 5) is 143. The summed E-state index contributed by atoms with van der Waals surface area (Å²) >= 11 is 0. The molecule has 1 heterocycles. The van der Waals surface area contributed by atoms with Crippen molar-refractivity contribution in [3.8, 4) is 11.5 Å². The maximum Gasteiger partial charge on any atom is 0.350 e. The molecule has 96 heavy (non-hydrogen) atoms. The fourth-order valence-electron chi connectivity index (χ4n) is 13.1. The number of ketones is 1. The van der Waals surface area contributed by atoms with Gasteiger partial charge in [0.2, 0.25) is 17.8 Å². The van der Waals surface area contributed by atoms with Crippen molar-refractivity contribution in [2.45, 2.75) is 127 Å². The molecule has 4 aliphatic rings. The van der Waals surface area contributed by atoms with Crippen LogP contribution < -0.4 is 20.1 Å². The van der Waals surface area contributed by atoms with E-state index >= 15 is 18.4 Å². The Labute approximate surface area is 544 Å². The van der Waals surface area contributed by atoms with Gasteiger partial charge < -0.3 is 63.5 Å². The summed E-state index contributed by atoms with van der Waals surface area (Å²) in [6, 6.07) is 25.4.